The molecule has 0 radical (unpaired) electrons. The van der Waals surface area contributed by atoms with Crippen LogP contribution in [0, 0.1) is 5.92 Å². The average Bonchev–Trinajstić information content (AvgIpc) is 2.64. The van der Waals surface area contributed by atoms with Crippen molar-refractivity contribution in [2.45, 2.75) is 25.5 Å². The molecule has 2 N–H and O–H groups in total. The Morgan fingerprint density at radius 2 is 2.29 bits per heavy atom. The first kappa shape index (κ1) is 12.1. The zero-order chi connectivity index (χ0) is 10.4. The van der Waals surface area contributed by atoms with Gasteiger partial charge >= 0.3 is 0 Å². The fourth-order valence-corrected chi connectivity index (χ4v) is 3.55. The molecule has 3 heteroatoms. The minimum Gasteiger partial charge on any atom is -0.329 e. The monoisotopic (exact) mass is 229 g/mol. The van der Waals surface area contributed by atoms with Gasteiger partial charge in [0, 0.05) is 11.4 Å². The third kappa shape index (κ3) is 4.03. The molecule has 0 fully saturated rings. The molecule has 80 valence electrons. The quantitative estimate of drug-likeness (QED) is 0.807. The number of thioether (sulfide) groups is 1. The van der Waals surface area contributed by atoms with Gasteiger partial charge in [-0.2, -0.15) is 11.8 Å². The fourth-order valence-electron chi connectivity index (χ4n) is 1.19. The molecule has 1 aromatic heterocycles. The summed E-state index contributed by atoms with van der Waals surface area (Å²) in [6.45, 7) is 5.29. The zero-order valence-corrected chi connectivity index (χ0v) is 10.5. The predicted octanol–water partition coefficient (Wildman–Crippen LogP) is 3.53. The van der Waals surface area contributed by atoms with Gasteiger partial charge in [-0.1, -0.05) is 19.9 Å². The molecule has 0 amide bonds. The maximum atomic E-state index is 5.77. The summed E-state index contributed by atoms with van der Waals surface area (Å²) < 4.78 is 0. The lowest BCUT2D eigenvalue weighted by Crippen LogP contribution is -2.09. The van der Waals surface area contributed by atoms with Crippen LogP contribution in [-0.4, -0.2) is 12.3 Å². The molecule has 1 rings (SSSR count). The highest BCUT2D eigenvalue weighted by molar-refractivity contribution is 7.99. The maximum absolute atomic E-state index is 5.77. The van der Waals surface area contributed by atoms with Crippen molar-refractivity contribution in [2.24, 2.45) is 11.7 Å². The van der Waals surface area contributed by atoms with Crippen molar-refractivity contribution in [1.82, 2.24) is 0 Å². The highest BCUT2D eigenvalue weighted by Crippen LogP contribution is 2.31. The molecule has 1 heterocycles. The number of thiophene rings is 1. The molecule has 1 atom stereocenters. The second kappa shape index (κ2) is 6.49. The molecule has 0 saturated heterocycles. The van der Waals surface area contributed by atoms with Gasteiger partial charge in [-0.05, 0) is 29.5 Å². The van der Waals surface area contributed by atoms with Crippen molar-refractivity contribution in [3.8, 4) is 0 Å². The molecule has 1 aromatic rings. The standard InChI is InChI=1S/C11H19NS2/c1-9(2)5-7-14-11(8-12)10-4-3-6-13-10/h3-4,6,9,11H,5,7-8,12H2,1-2H3. The molecule has 0 aliphatic heterocycles. The Kier molecular flexibility index (Phi) is 5.60. The first-order chi connectivity index (χ1) is 6.74. The van der Waals surface area contributed by atoms with Crippen molar-refractivity contribution in [3.05, 3.63) is 22.4 Å². The van der Waals surface area contributed by atoms with E-state index in [9.17, 15) is 0 Å². The minimum absolute atomic E-state index is 0.508. The van der Waals surface area contributed by atoms with Crippen LogP contribution in [0.1, 0.15) is 30.4 Å². The molecule has 0 aromatic carbocycles. The third-order valence-corrected chi connectivity index (χ3v) is 4.54. The smallest absolute Gasteiger partial charge is 0.0513 e. The van der Waals surface area contributed by atoms with Crippen LogP contribution in [0.2, 0.25) is 0 Å². The molecular formula is C11H19NS2. The van der Waals surface area contributed by atoms with Crippen LogP contribution >= 0.6 is 23.1 Å². The van der Waals surface area contributed by atoms with E-state index in [1.807, 2.05) is 23.1 Å². The summed E-state index contributed by atoms with van der Waals surface area (Å²) in [5.74, 6) is 2.02. The van der Waals surface area contributed by atoms with Gasteiger partial charge in [0.1, 0.15) is 0 Å². The topological polar surface area (TPSA) is 26.0 Å². The first-order valence-corrected chi connectivity index (χ1v) is 7.02. The van der Waals surface area contributed by atoms with Gasteiger partial charge in [-0.15, -0.1) is 11.3 Å². The Hall–Kier alpha value is 0.01000. The minimum atomic E-state index is 0.508. The van der Waals surface area contributed by atoms with Gasteiger partial charge in [-0.3, -0.25) is 0 Å². The van der Waals surface area contributed by atoms with E-state index in [0.29, 0.717) is 5.25 Å². The van der Waals surface area contributed by atoms with Crippen LogP contribution in [0.3, 0.4) is 0 Å². The summed E-state index contributed by atoms with van der Waals surface area (Å²) in [6.07, 6.45) is 1.28. The van der Waals surface area contributed by atoms with Gasteiger partial charge in [0.05, 0.1) is 5.25 Å². The van der Waals surface area contributed by atoms with Crippen LogP contribution in [0.4, 0.5) is 0 Å². The maximum Gasteiger partial charge on any atom is 0.0513 e. The first-order valence-electron chi connectivity index (χ1n) is 5.09. The van der Waals surface area contributed by atoms with E-state index < -0.39 is 0 Å². The van der Waals surface area contributed by atoms with Crippen LogP contribution < -0.4 is 5.73 Å². The largest absolute Gasteiger partial charge is 0.329 e. The summed E-state index contributed by atoms with van der Waals surface area (Å²) in [5.41, 5.74) is 5.77. The van der Waals surface area contributed by atoms with E-state index in [1.165, 1.54) is 17.1 Å². The second-order valence-electron chi connectivity index (χ2n) is 3.79. The summed E-state index contributed by atoms with van der Waals surface area (Å²) in [4.78, 5) is 1.42. The number of hydrogen-bond acceptors (Lipinski definition) is 3. The Morgan fingerprint density at radius 3 is 2.79 bits per heavy atom. The van der Waals surface area contributed by atoms with Gasteiger partial charge in [-0.25, -0.2) is 0 Å². The number of hydrogen-bond donors (Lipinski definition) is 1. The normalized spacial score (nSPS) is 13.4. The molecule has 1 nitrogen and oxygen atoms in total. The van der Waals surface area contributed by atoms with E-state index in [1.54, 1.807) is 0 Å². The second-order valence-corrected chi connectivity index (χ2v) is 6.08. The van der Waals surface area contributed by atoms with Crippen molar-refractivity contribution < 1.29 is 0 Å². The molecule has 0 aliphatic carbocycles. The Balaban J connectivity index is 2.33. The molecule has 0 spiro atoms. The summed E-state index contributed by atoms with van der Waals surface area (Å²) in [7, 11) is 0. The lowest BCUT2D eigenvalue weighted by atomic mass is 10.2. The van der Waals surface area contributed by atoms with Crippen molar-refractivity contribution >= 4 is 23.1 Å². The molecular weight excluding hydrogens is 210 g/mol. The average molecular weight is 229 g/mol. The molecule has 0 saturated carbocycles. The Labute approximate surface area is 95.1 Å². The van der Waals surface area contributed by atoms with Crippen molar-refractivity contribution in [3.63, 3.8) is 0 Å². The highest BCUT2D eigenvalue weighted by atomic mass is 32.2. The van der Waals surface area contributed by atoms with E-state index in [-0.39, 0.29) is 0 Å². The predicted molar refractivity (Wildman–Crippen MR) is 68.0 cm³/mol. The van der Waals surface area contributed by atoms with E-state index in [2.05, 4.69) is 31.4 Å². The lowest BCUT2D eigenvalue weighted by Gasteiger charge is -2.13. The lowest BCUT2D eigenvalue weighted by molar-refractivity contribution is 0.631. The van der Waals surface area contributed by atoms with Crippen LogP contribution in [0.25, 0.3) is 0 Å². The van der Waals surface area contributed by atoms with Crippen molar-refractivity contribution in [2.75, 3.05) is 12.3 Å². The SMILES string of the molecule is CC(C)CCSC(CN)c1cccs1. The van der Waals surface area contributed by atoms with Gasteiger partial charge in [0.15, 0.2) is 0 Å². The Morgan fingerprint density at radius 1 is 1.50 bits per heavy atom. The van der Waals surface area contributed by atoms with Crippen LogP contribution in [-0.2, 0) is 0 Å². The molecule has 0 bridgehead atoms. The Bertz CT molecular complexity index is 231. The third-order valence-electron chi connectivity index (χ3n) is 2.09. The summed E-state index contributed by atoms with van der Waals surface area (Å²) in [6, 6.07) is 4.29. The summed E-state index contributed by atoms with van der Waals surface area (Å²) in [5, 5.41) is 2.63. The fraction of sp³-hybridized carbons (Fsp3) is 0.636. The zero-order valence-electron chi connectivity index (χ0n) is 8.90. The van der Waals surface area contributed by atoms with Crippen LogP contribution in [0.5, 0.6) is 0 Å². The molecule has 0 aliphatic rings. The van der Waals surface area contributed by atoms with Crippen LogP contribution in [0.15, 0.2) is 17.5 Å². The van der Waals surface area contributed by atoms with E-state index >= 15 is 0 Å². The summed E-state index contributed by atoms with van der Waals surface area (Å²) >= 11 is 3.81. The van der Waals surface area contributed by atoms with E-state index in [0.717, 1.165) is 12.5 Å². The van der Waals surface area contributed by atoms with Gasteiger partial charge in [0.2, 0.25) is 0 Å². The van der Waals surface area contributed by atoms with Crippen molar-refractivity contribution in [1.29, 1.82) is 0 Å². The molecule has 14 heavy (non-hydrogen) atoms. The number of rotatable bonds is 6. The highest BCUT2D eigenvalue weighted by Gasteiger charge is 2.10. The van der Waals surface area contributed by atoms with E-state index in [4.69, 9.17) is 5.73 Å². The molecule has 1 unspecified atom stereocenters. The van der Waals surface area contributed by atoms with Gasteiger partial charge < -0.3 is 5.73 Å². The number of nitrogens with two attached hydrogens (primary N) is 1. The van der Waals surface area contributed by atoms with Gasteiger partial charge in [0.25, 0.3) is 0 Å².